The first-order chi connectivity index (χ1) is 15.0. The van der Waals surface area contributed by atoms with E-state index in [1.165, 1.54) is 0 Å². The molecule has 3 aromatic carbocycles. The summed E-state index contributed by atoms with van der Waals surface area (Å²) in [6, 6.07) is 19.3. The molecule has 7 heteroatoms. The van der Waals surface area contributed by atoms with E-state index < -0.39 is 23.1 Å². The molecule has 0 atom stereocenters. The van der Waals surface area contributed by atoms with Crippen LogP contribution in [0.5, 0.6) is 17.2 Å². The molecule has 3 N–H and O–H groups in total. The summed E-state index contributed by atoms with van der Waals surface area (Å²) in [6.07, 6.45) is 0. The molecule has 0 amide bonds. The van der Waals surface area contributed by atoms with Crippen molar-refractivity contribution in [1.29, 1.82) is 0 Å². The minimum atomic E-state index is -0.735. The third-order valence-electron chi connectivity index (χ3n) is 4.93. The number of phenolic OH excluding ortho intramolecular Hbond substituents is 2. The van der Waals surface area contributed by atoms with Crippen LogP contribution in [0, 0.1) is 0 Å². The zero-order valence-electron chi connectivity index (χ0n) is 16.3. The SMILES string of the molecule is O=C1C(Cl)=C(NCc2ccccc2OCc2ccccc2)C(=O)c2c(O)ccc(O)c21. The monoisotopic (exact) mass is 435 g/mol. The van der Waals surface area contributed by atoms with Gasteiger partial charge in [-0.1, -0.05) is 60.1 Å². The highest BCUT2D eigenvalue weighted by Gasteiger charge is 2.36. The molecular weight excluding hydrogens is 418 g/mol. The Morgan fingerprint density at radius 2 is 1.42 bits per heavy atom. The molecule has 0 spiro atoms. The number of carbonyl (C=O) groups is 2. The Kier molecular flexibility index (Phi) is 5.64. The lowest BCUT2D eigenvalue weighted by Gasteiger charge is -2.21. The maximum Gasteiger partial charge on any atom is 0.215 e. The average Bonchev–Trinajstić information content (AvgIpc) is 2.79. The first-order valence-corrected chi connectivity index (χ1v) is 9.87. The average molecular weight is 436 g/mol. The molecule has 31 heavy (non-hydrogen) atoms. The topological polar surface area (TPSA) is 95.9 Å². The quantitative estimate of drug-likeness (QED) is 0.500. The summed E-state index contributed by atoms with van der Waals surface area (Å²) in [5, 5.41) is 22.6. The minimum Gasteiger partial charge on any atom is -0.507 e. The Bertz CT molecular complexity index is 1200. The van der Waals surface area contributed by atoms with Crippen LogP contribution < -0.4 is 10.1 Å². The Hall–Kier alpha value is -3.77. The highest BCUT2D eigenvalue weighted by molar-refractivity contribution is 6.50. The molecule has 1 aliphatic carbocycles. The van der Waals surface area contributed by atoms with Gasteiger partial charge in [0.15, 0.2) is 0 Å². The molecule has 0 saturated heterocycles. The number of fused-ring (bicyclic) bond motifs is 1. The summed E-state index contributed by atoms with van der Waals surface area (Å²) in [6.45, 7) is 0.531. The van der Waals surface area contributed by atoms with Crippen LogP contribution in [0.15, 0.2) is 77.5 Å². The highest BCUT2D eigenvalue weighted by atomic mass is 35.5. The molecule has 3 aromatic rings. The first-order valence-electron chi connectivity index (χ1n) is 9.50. The summed E-state index contributed by atoms with van der Waals surface area (Å²) in [7, 11) is 0. The van der Waals surface area contributed by atoms with Gasteiger partial charge in [-0.2, -0.15) is 0 Å². The van der Waals surface area contributed by atoms with Crippen molar-refractivity contribution in [2.45, 2.75) is 13.2 Å². The fourth-order valence-electron chi connectivity index (χ4n) is 3.36. The van der Waals surface area contributed by atoms with Crippen LogP contribution in [-0.4, -0.2) is 21.8 Å². The van der Waals surface area contributed by atoms with Gasteiger partial charge in [0, 0.05) is 12.1 Å². The number of phenols is 2. The third kappa shape index (κ3) is 3.98. The van der Waals surface area contributed by atoms with Gasteiger partial charge in [0.25, 0.3) is 0 Å². The van der Waals surface area contributed by atoms with Crippen LogP contribution in [0.1, 0.15) is 31.8 Å². The maximum atomic E-state index is 12.9. The van der Waals surface area contributed by atoms with E-state index in [-0.39, 0.29) is 28.4 Å². The second-order valence-electron chi connectivity index (χ2n) is 6.94. The van der Waals surface area contributed by atoms with Crippen molar-refractivity contribution in [1.82, 2.24) is 5.32 Å². The number of hydrogen-bond donors (Lipinski definition) is 3. The van der Waals surface area contributed by atoms with E-state index in [0.29, 0.717) is 12.4 Å². The predicted molar refractivity (Wildman–Crippen MR) is 115 cm³/mol. The zero-order chi connectivity index (χ0) is 22.0. The van der Waals surface area contributed by atoms with Gasteiger partial charge < -0.3 is 20.3 Å². The molecule has 4 rings (SSSR count). The minimum absolute atomic E-state index is 0.141. The summed E-state index contributed by atoms with van der Waals surface area (Å²) in [5.74, 6) is -1.60. The van der Waals surface area contributed by atoms with Crippen LogP contribution >= 0.6 is 11.6 Å². The van der Waals surface area contributed by atoms with E-state index >= 15 is 0 Å². The van der Waals surface area contributed by atoms with Crippen molar-refractivity contribution in [2.75, 3.05) is 0 Å². The van der Waals surface area contributed by atoms with Crippen molar-refractivity contribution in [3.05, 3.63) is 99.7 Å². The maximum absolute atomic E-state index is 12.9. The summed E-state index contributed by atoms with van der Waals surface area (Å²) < 4.78 is 5.92. The third-order valence-corrected chi connectivity index (χ3v) is 5.29. The van der Waals surface area contributed by atoms with Crippen molar-refractivity contribution in [2.24, 2.45) is 0 Å². The standard InChI is InChI=1S/C24H18ClNO5/c25-21-22(24(30)20-17(28)11-10-16(27)19(20)23(21)29)26-12-15-8-4-5-9-18(15)31-13-14-6-2-1-3-7-14/h1-11,26-28H,12-13H2. The number of Topliss-reactive ketones (excluding diaryl/α,β-unsaturated/α-hetero) is 2. The number of allylic oxidation sites excluding steroid dienone is 2. The first kappa shape index (κ1) is 20.5. The van der Waals surface area contributed by atoms with Gasteiger partial charge >= 0.3 is 0 Å². The number of ketones is 2. The molecule has 6 nitrogen and oxygen atoms in total. The highest BCUT2D eigenvalue weighted by Crippen LogP contribution is 2.37. The Morgan fingerprint density at radius 3 is 2.13 bits per heavy atom. The number of hydrogen-bond acceptors (Lipinski definition) is 6. The summed E-state index contributed by atoms with van der Waals surface area (Å²) in [4.78, 5) is 25.5. The van der Waals surface area contributed by atoms with Crippen molar-refractivity contribution in [3.8, 4) is 17.2 Å². The number of carbonyl (C=O) groups excluding carboxylic acids is 2. The van der Waals surface area contributed by atoms with E-state index in [4.69, 9.17) is 16.3 Å². The molecule has 0 heterocycles. The van der Waals surface area contributed by atoms with Gasteiger partial charge in [-0.15, -0.1) is 0 Å². The summed E-state index contributed by atoms with van der Waals surface area (Å²) in [5.41, 5.74) is 1.05. The lowest BCUT2D eigenvalue weighted by Crippen LogP contribution is -2.29. The van der Waals surface area contributed by atoms with Crippen molar-refractivity contribution in [3.63, 3.8) is 0 Å². The smallest absolute Gasteiger partial charge is 0.215 e. The van der Waals surface area contributed by atoms with Gasteiger partial charge in [-0.05, 0) is 23.8 Å². The number of ether oxygens (including phenoxy) is 1. The van der Waals surface area contributed by atoms with Gasteiger partial charge in [-0.25, -0.2) is 0 Å². The largest absolute Gasteiger partial charge is 0.507 e. The van der Waals surface area contributed by atoms with E-state index in [0.717, 1.165) is 23.3 Å². The Morgan fingerprint density at radius 1 is 0.806 bits per heavy atom. The Balaban J connectivity index is 1.56. The number of halogens is 1. The van der Waals surface area contributed by atoms with Crippen LogP contribution in [0.2, 0.25) is 0 Å². The molecule has 0 aromatic heterocycles. The number of aromatic hydroxyl groups is 2. The van der Waals surface area contributed by atoms with Gasteiger partial charge in [-0.3, -0.25) is 9.59 Å². The van der Waals surface area contributed by atoms with E-state index in [1.54, 1.807) is 0 Å². The van der Waals surface area contributed by atoms with Crippen LogP contribution in [0.25, 0.3) is 0 Å². The molecule has 0 radical (unpaired) electrons. The lowest BCUT2D eigenvalue weighted by molar-refractivity contribution is 0.0969. The molecule has 0 aliphatic heterocycles. The second kappa shape index (κ2) is 8.53. The second-order valence-corrected chi connectivity index (χ2v) is 7.31. The Labute approximate surface area is 183 Å². The molecule has 1 aliphatic rings. The van der Waals surface area contributed by atoms with Gasteiger partial charge in [0.1, 0.15) is 34.6 Å². The number of nitrogens with one attached hydrogen (secondary N) is 1. The molecule has 0 fully saturated rings. The molecule has 0 unspecified atom stereocenters. The number of benzene rings is 3. The number of para-hydroxylation sites is 1. The van der Waals surface area contributed by atoms with E-state index in [1.807, 2.05) is 54.6 Å². The number of rotatable bonds is 6. The van der Waals surface area contributed by atoms with E-state index in [9.17, 15) is 19.8 Å². The molecule has 0 bridgehead atoms. The van der Waals surface area contributed by atoms with Gasteiger partial charge in [0.2, 0.25) is 11.6 Å². The zero-order valence-corrected chi connectivity index (χ0v) is 17.0. The molecular formula is C24H18ClNO5. The van der Waals surface area contributed by atoms with Crippen molar-refractivity contribution < 1.29 is 24.5 Å². The van der Waals surface area contributed by atoms with Crippen LogP contribution in [0.3, 0.4) is 0 Å². The van der Waals surface area contributed by atoms with Crippen molar-refractivity contribution >= 4 is 23.2 Å². The molecule has 156 valence electrons. The fraction of sp³-hybridized carbons (Fsp3) is 0.0833. The fourth-order valence-corrected chi connectivity index (χ4v) is 3.60. The normalized spacial score (nSPS) is 13.2. The predicted octanol–water partition coefficient (Wildman–Crippen LogP) is 4.30. The summed E-state index contributed by atoms with van der Waals surface area (Å²) >= 11 is 6.15. The van der Waals surface area contributed by atoms with Crippen LogP contribution in [0.4, 0.5) is 0 Å². The lowest BCUT2D eigenvalue weighted by atomic mass is 9.90. The van der Waals surface area contributed by atoms with Gasteiger partial charge in [0.05, 0.1) is 11.1 Å². The van der Waals surface area contributed by atoms with Crippen LogP contribution in [-0.2, 0) is 13.2 Å². The van der Waals surface area contributed by atoms with E-state index in [2.05, 4.69) is 5.32 Å². The molecule has 0 saturated carbocycles.